The second kappa shape index (κ2) is 5.27. The fourth-order valence-electron chi connectivity index (χ4n) is 1.56. The van der Waals surface area contributed by atoms with Gasteiger partial charge in [0.15, 0.2) is 5.82 Å². The number of aromatic nitrogens is 1. The van der Waals surface area contributed by atoms with E-state index in [1.165, 1.54) is 18.3 Å². The highest BCUT2D eigenvalue weighted by Gasteiger charge is 2.29. The number of pyridine rings is 1. The second-order valence-electron chi connectivity index (χ2n) is 3.94. The molecule has 0 saturated heterocycles. The zero-order chi connectivity index (χ0) is 13.9. The third-order valence-electron chi connectivity index (χ3n) is 2.53. The van der Waals surface area contributed by atoms with E-state index in [4.69, 9.17) is 0 Å². The van der Waals surface area contributed by atoms with E-state index in [1.54, 1.807) is 18.2 Å². The first kappa shape index (κ1) is 13.4. The molecule has 0 radical (unpaired) electrons. The summed E-state index contributed by atoms with van der Waals surface area (Å²) in [4.78, 5) is 3.93. The summed E-state index contributed by atoms with van der Waals surface area (Å²) in [6.45, 7) is 0.0646. The first-order valence-corrected chi connectivity index (χ1v) is 5.50. The summed E-state index contributed by atoms with van der Waals surface area (Å²) >= 11 is 0. The lowest BCUT2D eigenvalue weighted by Crippen LogP contribution is -2.18. The highest BCUT2D eigenvalue weighted by Crippen LogP contribution is 2.29. The third-order valence-corrected chi connectivity index (χ3v) is 2.53. The van der Waals surface area contributed by atoms with Crippen LogP contribution in [0.25, 0.3) is 0 Å². The number of hydrogen-bond donors (Lipinski definition) is 1. The van der Waals surface area contributed by atoms with Crippen molar-refractivity contribution >= 4 is 5.82 Å². The van der Waals surface area contributed by atoms with E-state index in [0.717, 1.165) is 17.2 Å². The number of halogens is 3. The summed E-state index contributed by atoms with van der Waals surface area (Å²) < 4.78 is 37.1. The summed E-state index contributed by atoms with van der Waals surface area (Å²) in [7, 11) is 0. The van der Waals surface area contributed by atoms with Crippen LogP contribution in [0.15, 0.2) is 48.7 Å². The average molecular weight is 268 g/mol. The molecule has 1 N–H and O–H groups in total. The van der Waals surface area contributed by atoms with Gasteiger partial charge in [-0.25, -0.2) is 10.0 Å². The van der Waals surface area contributed by atoms with Gasteiger partial charge < -0.3 is 0 Å². The largest absolute Gasteiger partial charge is 0.416 e. The summed E-state index contributed by atoms with van der Waals surface area (Å²) in [6, 6.07) is 9.64. The lowest BCUT2D eigenvalue weighted by molar-refractivity contribution is -0.137. The first-order valence-electron chi connectivity index (χ1n) is 5.50. The van der Waals surface area contributed by atoms with Crippen LogP contribution in [-0.4, -0.2) is 10.2 Å². The maximum atomic E-state index is 12.4. The Kier molecular flexibility index (Phi) is 3.71. The molecular weight excluding hydrogens is 257 g/mol. The Morgan fingerprint density at radius 1 is 1.05 bits per heavy atom. The van der Waals surface area contributed by atoms with Crippen LogP contribution in [0.3, 0.4) is 0 Å². The molecule has 0 unspecified atom stereocenters. The molecule has 0 amide bonds. The molecule has 0 atom stereocenters. The Bertz CT molecular complexity index is 526. The molecule has 0 aliphatic carbocycles. The molecule has 3 nitrogen and oxygen atoms in total. The number of hydrogen-bond acceptors (Lipinski definition) is 3. The molecule has 1 aromatic heterocycles. The average Bonchev–Trinajstić information content (AvgIpc) is 2.39. The Labute approximate surface area is 107 Å². The fourth-order valence-corrected chi connectivity index (χ4v) is 1.56. The van der Waals surface area contributed by atoms with Crippen LogP contribution in [0.2, 0.25) is 0 Å². The van der Waals surface area contributed by atoms with Crippen LogP contribution in [0.4, 0.5) is 19.0 Å². The summed E-state index contributed by atoms with van der Waals surface area (Å²) in [5.74, 6) is 0.336. The molecular formula is C13H11F3N2O. The van der Waals surface area contributed by atoms with Crippen molar-refractivity contribution < 1.29 is 18.4 Å². The van der Waals surface area contributed by atoms with Gasteiger partial charge in [-0.15, -0.1) is 0 Å². The molecule has 0 bridgehead atoms. The molecule has 1 aromatic carbocycles. The molecule has 2 aromatic rings. The van der Waals surface area contributed by atoms with Crippen molar-refractivity contribution in [2.45, 2.75) is 12.7 Å². The van der Waals surface area contributed by atoms with Crippen molar-refractivity contribution in [3.05, 3.63) is 59.8 Å². The van der Waals surface area contributed by atoms with Crippen molar-refractivity contribution in [3.63, 3.8) is 0 Å². The van der Waals surface area contributed by atoms with E-state index in [0.29, 0.717) is 11.4 Å². The van der Waals surface area contributed by atoms with E-state index in [1.807, 2.05) is 0 Å². The Hall–Kier alpha value is -2.08. The van der Waals surface area contributed by atoms with Crippen LogP contribution < -0.4 is 5.06 Å². The zero-order valence-corrected chi connectivity index (χ0v) is 9.80. The topological polar surface area (TPSA) is 36.4 Å². The highest BCUT2D eigenvalue weighted by atomic mass is 19.4. The molecule has 0 fully saturated rings. The lowest BCUT2D eigenvalue weighted by atomic mass is 10.1. The van der Waals surface area contributed by atoms with E-state index in [9.17, 15) is 18.4 Å². The van der Waals surface area contributed by atoms with Gasteiger partial charge in [0.25, 0.3) is 0 Å². The first-order chi connectivity index (χ1) is 8.97. The van der Waals surface area contributed by atoms with Gasteiger partial charge in [-0.2, -0.15) is 13.2 Å². The Morgan fingerprint density at radius 2 is 1.74 bits per heavy atom. The van der Waals surface area contributed by atoms with Gasteiger partial charge in [0.1, 0.15) is 0 Å². The third kappa shape index (κ3) is 3.45. The number of hydroxylamine groups is 1. The van der Waals surface area contributed by atoms with Crippen LogP contribution >= 0.6 is 0 Å². The number of benzene rings is 1. The molecule has 0 aliphatic heterocycles. The standard InChI is InChI=1S/C13H11F3N2O/c14-13(15,16)11-6-4-10(5-7-11)9-18(19)12-3-1-2-8-17-12/h1-8,19H,9H2. The summed E-state index contributed by atoms with van der Waals surface area (Å²) in [6.07, 6.45) is -2.83. The number of anilines is 1. The zero-order valence-electron chi connectivity index (χ0n) is 9.80. The molecule has 1 heterocycles. The van der Waals surface area contributed by atoms with Crippen molar-refractivity contribution in [1.29, 1.82) is 0 Å². The maximum absolute atomic E-state index is 12.4. The SMILES string of the molecule is ON(Cc1ccc(C(F)(F)F)cc1)c1ccccn1. The van der Waals surface area contributed by atoms with E-state index >= 15 is 0 Å². The number of nitrogens with zero attached hydrogens (tertiary/aromatic N) is 2. The quantitative estimate of drug-likeness (QED) is 0.865. The van der Waals surface area contributed by atoms with E-state index in [-0.39, 0.29) is 6.54 Å². The van der Waals surface area contributed by atoms with Gasteiger partial charge in [0.05, 0.1) is 12.1 Å². The van der Waals surface area contributed by atoms with Crippen molar-refractivity contribution in [2.24, 2.45) is 0 Å². The van der Waals surface area contributed by atoms with Crippen LogP contribution in [0.5, 0.6) is 0 Å². The minimum Gasteiger partial charge on any atom is -0.287 e. The van der Waals surface area contributed by atoms with Crippen LogP contribution in [0, 0.1) is 0 Å². The van der Waals surface area contributed by atoms with Gasteiger partial charge in [-0.3, -0.25) is 5.21 Å². The van der Waals surface area contributed by atoms with Crippen molar-refractivity contribution in [3.8, 4) is 0 Å². The van der Waals surface area contributed by atoms with Crippen LogP contribution in [-0.2, 0) is 12.7 Å². The molecule has 0 spiro atoms. The normalized spacial score (nSPS) is 11.4. The second-order valence-corrected chi connectivity index (χ2v) is 3.94. The predicted octanol–water partition coefficient (Wildman–Crippen LogP) is 3.50. The number of rotatable bonds is 3. The maximum Gasteiger partial charge on any atom is 0.416 e. The molecule has 0 saturated carbocycles. The van der Waals surface area contributed by atoms with E-state index < -0.39 is 11.7 Å². The van der Waals surface area contributed by atoms with E-state index in [2.05, 4.69) is 4.98 Å². The lowest BCUT2D eigenvalue weighted by Gasteiger charge is -2.16. The van der Waals surface area contributed by atoms with Gasteiger partial charge in [0.2, 0.25) is 0 Å². The Morgan fingerprint density at radius 3 is 2.26 bits per heavy atom. The Balaban J connectivity index is 2.08. The van der Waals surface area contributed by atoms with Crippen LogP contribution in [0.1, 0.15) is 11.1 Å². The van der Waals surface area contributed by atoms with Gasteiger partial charge >= 0.3 is 6.18 Å². The van der Waals surface area contributed by atoms with Crippen molar-refractivity contribution in [1.82, 2.24) is 4.98 Å². The van der Waals surface area contributed by atoms with Gasteiger partial charge in [0, 0.05) is 6.20 Å². The molecule has 2 rings (SSSR count). The highest BCUT2D eigenvalue weighted by molar-refractivity contribution is 5.36. The predicted molar refractivity (Wildman–Crippen MR) is 63.7 cm³/mol. The number of alkyl halides is 3. The van der Waals surface area contributed by atoms with Crippen molar-refractivity contribution in [2.75, 3.05) is 5.06 Å². The monoisotopic (exact) mass is 268 g/mol. The van der Waals surface area contributed by atoms with Gasteiger partial charge in [-0.05, 0) is 29.8 Å². The molecule has 100 valence electrons. The minimum absolute atomic E-state index is 0.0646. The fraction of sp³-hybridized carbons (Fsp3) is 0.154. The summed E-state index contributed by atoms with van der Waals surface area (Å²) in [5.41, 5.74) is -0.153. The van der Waals surface area contributed by atoms with Gasteiger partial charge in [-0.1, -0.05) is 18.2 Å². The molecule has 0 aliphatic rings. The minimum atomic E-state index is -4.35. The smallest absolute Gasteiger partial charge is 0.287 e. The molecule has 19 heavy (non-hydrogen) atoms. The molecule has 6 heteroatoms. The summed E-state index contributed by atoms with van der Waals surface area (Å²) in [5, 5.41) is 10.6.